The number of nitrogens with one attached hydrogen (secondary N) is 3. The number of imidazole rings is 1. The fourth-order valence-corrected chi connectivity index (χ4v) is 4.20. The van der Waals surface area contributed by atoms with Gasteiger partial charge in [-0.2, -0.15) is 19.6 Å². The van der Waals surface area contributed by atoms with E-state index in [9.17, 15) is 9.90 Å². The Hall–Kier alpha value is -3.95. The zero-order valence-corrected chi connectivity index (χ0v) is 17.2. The highest BCUT2D eigenvalue weighted by atomic mass is 16.3. The molecule has 10 heteroatoms. The van der Waals surface area contributed by atoms with Gasteiger partial charge in [-0.05, 0) is 49.3 Å². The molecule has 3 aromatic heterocycles. The fourth-order valence-electron chi connectivity index (χ4n) is 4.20. The second-order valence-corrected chi connectivity index (χ2v) is 8.32. The lowest BCUT2D eigenvalue weighted by Gasteiger charge is -2.26. The van der Waals surface area contributed by atoms with Crippen molar-refractivity contribution in [1.29, 1.82) is 0 Å². The van der Waals surface area contributed by atoms with Crippen LogP contribution in [0.2, 0.25) is 0 Å². The Kier molecular flexibility index (Phi) is 4.30. The van der Waals surface area contributed by atoms with Crippen molar-refractivity contribution in [3.8, 4) is 5.88 Å². The largest absolute Gasteiger partial charge is 0.493 e. The average Bonchev–Trinajstić information content (AvgIpc) is 3.42. The monoisotopic (exact) mass is 430 g/mol. The highest BCUT2D eigenvalue weighted by Crippen LogP contribution is 2.31. The molecule has 0 aliphatic heterocycles. The topological polar surface area (TPSA) is 136 Å². The van der Waals surface area contributed by atoms with Crippen molar-refractivity contribution in [1.82, 2.24) is 29.5 Å². The number of benzene rings is 1. The number of anilines is 1. The molecule has 6 rings (SSSR count). The van der Waals surface area contributed by atoms with Gasteiger partial charge < -0.3 is 15.4 Å². The summed E-state index contributed by atoms with van der Waals surface area (Å²) < 4.78 is 1.60. The van der Waals surface area contributed by atoms with E-state index in [1.807, 2.05) is 0 Å². The smallest absolute Gasteiger partial charge is 0.326 e. The first-order chi connectivity index (χ1) is 15.6. The summed E-state index contributed by atoms with van der Waals surface area (Å²) in [6.07, 6.45) is 8.52. The fraction of sp³-hybridized carbons (Fsp3) is 0.318. The predicted octanol–water partition coefficient (Wildman–Crippen LogP) is 0.947. The lowest BCUT2D eigenvalue weighted by Crippen LogP contribution is -2.26. The first-order valence-electron chi connectivity index (χ1n) is 10.8. The Bertz CT molecular complexity index is 1490. The highest BCUT2D eigenvalue weighted by Gasteiger charge is 2.23. The summed E-state index contributed by atoms with van der Waals surface area (Å²) in [5.41, 5.74) is 3.45. The van der Waals surface area contributed by atoms with Crippen molar-refractivity contribution in [2.24, 2.45) is 4.99 Å². The van der Waals surface area contributed by atoms with Crippen LogP contribution in [0.1, 0.15) is 48.5 Å². The molecular formula is C22H22N8O2. The second kappa shape index (κ2) is 7.33. The van der Waals surface area contributed by atoms with E-state index in [4.69, 9.17) is 9.98 Å². The van der Waals surface area contributed by atoms with Crippen molar-refractivity contribution in [3.05, 3.63) is 68.6 Å². The van der Waals surface area contributed by atoms with Crippen LogP contribution in [0.25, 0.3) is 11.7 Å². The maximum Gasteiger partial charge on any atom is 0.326 e. The van der Waals surface area contributed by atoms with Gasteiger partial charge in [0.2, 0.25) is 11.8 Å². The number of aromatic amines is 2. The van der Waals surface area contributed by atoms with Gasteiger partial charge in [-0.25, -0.2) is 9.79 Å². The lowest BCUT2D eigenvalue weighted by molar-refractivity contribution is 0.454. The highest BCUT2D eigenvalue weighted by molar-refractivity contribution is 5.57. The molecule has 0 radical (unpaired) electrons. The van der Waals surface area contributed by atoms with Gasteiger partial charge in [-0.15, -0.1) is 0 Å². The Morgan fingerprint density at radius 2 is 2.06 bits per heavy atom. The van der Waals surface area contributed by atoms with Gasteiger partial charge >= 0.3 is 5.69 Å². The Morgan fingerprint density at radius 1 is 1.19 bits per heavy atom. The third-order valence-corrected chi connectivity index (χ3v) is 5.93. The SMILES string of the molecule is O=c1[nH]c(O)c(C=c2cnn3c(=NC4CC4)nc(N[C@@H]4CCCc5ccccc54)nc23)[nH]1. The summed E-state index contributed by atoms with van der Waals surface area (Å²) in [6, 6.07) is 8.85. The van der Waals surface area contributed by atoms with Gasteiger partial charge in [0.15, 0.2) is 5.65 Å². The third kappa shape index (κ3) is 3.43. The molecule has 1 fully saturated rings. The van der Waals surface area contributed by atoms with Crippen LogP contribution in [0.4, 0.5) is 5.95 Å². The van der Waals surface area contributed by atoms with Crippen molar-refractivity contribution in [2.45, 2.75) is 44.2 Å². The van der Waals surface area contributed by atoms with Crippen LogP contribution in [0.3, 0.4) is 0 Å². The van der Waals surface area contributed by atoms with Crippen LogP contribution in [0.15, 0.2) is 40.2 Å². The number of hydrogen-bond acceptors (Lipinski definition) is 7. The number of H-pyrrole nitrogens is 2. The minimum atomic E-state index is -0.484. The number of fused-ring (bicyclic) bond motifs is 2. The van der Waals surface area contributed by atoms with Crippen molar-refractivity contribution < 1.29 is 5.11 Å². The molecule has 0 spiro atoms. The molecule has 2 aliphatic carbocycles. The van der Waals surface area contributed by atoms with Crippen LogP contribution >= 0.6 is 0 Å². The van der Waals surface area contributed by atoms with E-state index < -0.39 is 5.69 Å². The Morgan fingerprint density at radius 3 is 2.88 bits per heavy atom. The molecule has 2 aliphatic rings. The number of aryl methyl sites for hydroxylation is 1. The maximum atomic E-state index is 11.5. The molecule has 1 saturated carbocycles. The van der Waals surface area contributed by atoms with Gasteiger partial charge in [0.05, 0.1) is 18.3 Å². The van der Waals surface area contributed by atoms with Crippen molar-refractivity contribution in [2.75, 3.05) is 5.32 Å². The van der Waals surface area contributed by atoms with Gasteiger partial charge in [-0.3, -0.25) is 4.98 Å². The van der Waals surface area contributed by atoms with Crippen LogP contribution in [0.5, 0.6) is 5.88 Å². The minimum absolute atomic E-state index is 0.122. The van der Waals surface area contributed by atoms with Gasteiger partial charge in [0, 0.05) is 5.22 Å². The first-order valence-corrected chi connectivity index (χ1v) is 10.8. The zero-order chi connectivity index (χ0) is 21.7. The molecule has 1 atom stereocenters. The summed E-state index contributed by atoms with van der Waals surface area (Å²) in [5, 5.41) is 18.5. The summed E-state index contributed by atoms with van der Waals surface area (Å²) in [7, 11) is 0. The molecular weight excluding hydrogens is 408 g/mol. The van der Waals surface area contributed by atoms with Gasteiger partial charge in [0.1, 0.15) is 5.69 Å². The number of aromatic nitrogens is 6. The molecule has 1 aromatic carbocycles. The molecule has 10 nitrogen and oxygen atoms in total. The van der Waals surface area contributed by atoms with E-state index in [-0.39, 0.29) is 23.7 Å². The van der Waals surface area contributed by atoms with Crippen LogP contribution in [-0.4, -0.2) is 40.7 Å². The molecule has 0 unspecified atom stereocenters. The van der Waals surface area contributed by atoms with Gasteiger partial charge in [0.25, 0.3) is 5.62 Å². The molecule has 4 aromatic rings. The normalized spacial score (nSPS) is 19.4. The van der Waals surface area contributed by atoms with E-state index in [0.717, 1.165) is 32.1 Å². The maximum absolute atomic E-state index is 11.5. The van der Waals surface area contributed by atoms with E-state index in [1.54, 1.807) is 16.8 Å². The van der Waals surface area contributed by atoms with E-state index >= 15 is 0 Å². The molecule has 3 heterocycles. The van der Waals surface area contributed by atoms with Crippen molar-refractivity contribution >= 4 is 17.7 Å². The predicted molar refractivity (Wildman–Crippen MR) is 117 cm³/mol. The quantitative estimate of drug-likeness (QED) is 0.381. The number of nitrogens with zero attached hydrogens (tertiary/aromatic N) is 5. The number of aromatic hydroxyl groups is 1. The summed E-state index contributed by atoms with van der Waals surface area (Å²) in [4.78, 5) is 30.5. The second-order valence-electron chi connectivity index (χ2n) is 8.32. The molecule has 0 amide bonds. The Balaban J connectivity index is 1.48. The molecule has 162 valence electrons. The van der Waals surface area contributed by atoms with E-state index in [0.29, 0.717) is 22.4 Å². The summed E-state index contributed by atoms with van der Waals surface area (Å²) in [5.74, 6) is 0.254. The van der Waals surface area contributed by atoms with Crippen LogP contribution in [0, 0.1) is 0 Å². The number of rotatable bonds is 4. The van der Waals surface area contributed by atoms with Crippen LogP contribution in [-0.2, 0) is 6.42 Å². The molecule has 0 saturated heterocycles. The van der Waals surface area contributed by atoms with Gasteiger partial charge in [-0.1, -0.05) is 24.3 Å². The molecule has 32 heavy (non-hydrogen) atoms. The van der Waals surface area contributed by atoms with E-state index in [1.165, 1.54) is 11.1 Å². The zero-order valence-electron chi connectivity index (χ0n) is 17.2. The Labute approximate surface area is 181 Å². The van der Waals surface area contributed by atoms with E-state index in [2.05, 4.69) is 49.6 Å². The molecule has 0 bridgehead atoms. The third-order valence-electron chi connectivity index (χ3n) is 5.93. The lowest BCUT2D eigenvalue weighted by atomic mass is 9.88. The van der Waals surface area contributed by atoms with Crippen LogP contribution < -0.4 is 21.8 Å². The average molecular weight is 430 g/mol. The summed E-state index contributed by atoms with van der Waals surface area (Å²) in [6.45, 7) is 0. The number of hydrogen-bond donors (Lipinski definition) is 4. The standard InChI is InChI=1S/C22H22N8O2/c31-19-17(26-22(32)28-19)10-13-11-23-30-18(13)27-20(29-21(30)24-14-8-9-14)25-16-7-3-5-12-4-1-2-6-15(12)16/h1-2,4,6,10-11,14,16,31H,3,5,7-9H2,(H,24,25,29)(H2,26,28,32)/t16-/m1/s1. The van der Waals surface area contributed by atoms with Crippen molar-refractivity contribution in [3.63, 3.8) is 0 Å². The summed E-state index contributed by atoms with van der Waals surface area (Å²) >= 11 is 0. The minimum Gasteiger partial charge on any atom is -0.493 e. The first kappa shape index (κ1) is 18.8. The molecule has 4 N–H and O–H groups in total.